The van der Waals surface area contributed by atoms with E-state index in [9.17, 15) is 22.0 Å². The van der Waals surface area contributed by atoms with Gasteiger partial charge < -0.3 is 10.2 Å². The number of nitrogens with zero attached hydrogens (tertiary/aromatic N) is 1. The summed E-state index contributed by atoms with van der Waals surface area (Å²) in [6, 6.07) is -0.685. The van der Waals surface area contributed by atoms with Crippen molar-refractivity contribution in [3.63, 3.8) is 0 Å². The minimum Gasteiger partial charge on any atom is -0.439 e. The molecule has 2 N–H and O–H groups in total. The lowest BCUT2D eigenvalue weighted by molar-refractivity contribution is 0.377. The van der Waals surface area contributed by atoms with Crippen molar-refractivity contribution in [2.24, 2.45) is 5.73 Å². The van der Waals surface area contributed by atoms with Gasteiger partial charge in [0.2, 0.25) is 11.7 Å². The van der Waals surface area contributed by atoms with Gasteiger partial charge in [0.15, 0.2) is 29.0 Å². The van der Waals surface area contributed by atoms with Crippen molar-refractivity contribution in [2.45, 2.75) is 13.0 Å². The summed E-state index contributed by atoms with van der Waals surface area (Å²) in [4.78, 5) is 3.59. The van der Waals surface area contributed by atoms with Crippen molar-refractivity contribution < 1.29 is 26.4 Å². The molecule has 2 rings (SSSR count). The van der Waals surface area contributed by atoms with Crippen LogP contribution in [-0.4, -0.2) is 4.98 Å². The van der Waals surface area contributed by atoms with Crippen molar-refractivity contribution in [3.05, 3.63) is 41.2 Å². The van der Waals surface area contributed by atoms with Crippen molar-refractivity contribution >= 4 is 0 Å². The van der Waals surface area contributed by atoms with Crippen LogP contribution in [0.1, 0.15) is 18.9 Å². The summed E-state index contributed by atoms with van der Waals surface area (Å²) in [7, 11) is 0. The maximum Gasteiger partial charge on any atom is 0.211 e. The van der Waals surface area contributed by atoms with Crippen molar-refractivity contribution in [3.8, 4) is 11.3 Å². The third-order valence-electron chi connectivity index (χ3n) is 2.37. The van der Waals surface area contributed by atoms with Gasteiger partial charge in [0.25, 0.3) is 0 Å². The van der Waals surface area contributed by atoms with E-state index >= 15 is 0 Å². The summed E-state index contributed by atoms with van der Waals surface area (Å²) in [6.45, 7) is 1.48. The third kappa shape index (κ3) is 2.07. The molecule has 2 aromatic rings. The quantitative estimate of drug-likeness (QED) is 0.522. The topological polar surface area (TPSA) is 52.0 Å². The van der Waals surface area contributed by atoms with Gasteiger partial charge in [-0.15, -0.1) is 0 Å². The van der Waals surface area contributed by atoms with E-state index in [1.165, 1.54) is 6.92 Å². The smallest absolute Gasteiger partial charge is 0.211 e. The molecule has 0 amide bonds. The molecule has 102 valence electrons. The van der Waals surface area contributed by atoms with Crippen molar-refractivity contribution in [2.75, 3.05) is 0 Å². The molecule has 8 heteroatoms. The standard InChI is InChI=1S/C11H7F5N2O/c1-3(17)11-18-2-4(19-11)5-6(12)8(14)10(16)9(15)7(5)13/h2-3H,17H2,1H3. The van der Waals surface area contributed by atoms with Crippen LogP contribution in [0.2, 0.25) is 0 Å². The molecule has 0 aliphatic carbocycles. The minimum atomic E-state index is -2.23. The fourth-order valence-corrected chi connectivity index (χ4v) is 1.43. The van der Waals surface area contributed by atoms with Crippen LogP contribution in [0.5, 0.6) is 0 Å². The lowest BCUT2D eigenvalue weighted by Crippen LogP contribution is -2.05. The summed E-state index contributed by atoms with van der Waals surface area (Å²) in [5, 5.41) is 0. The Labute approximate surface area is 103 Å². The van der Waals surface area contributed by atoms with Crippen LogP contribution in [0.25, 0.3) is 11.3 Å². The van der Waals surface area contributed by atoms with Crippen molar-refractivity contribution in [1.29, 1.82) is 0 Å². The molecular weight excluding hydrogens is 271 g/mol. The lowest BCUT2D eigenvalue weighted by Gasteiger charge is -2.05. The normalized spacial score (nSPS) is 12.8. The molecule has 1 aromatic heterocycles. The van der Waals surface area contributed by atoms with E-state index in [4.69, 9.17) is 10.2 Å². The number of oxazole rings is 1. The second-order valence-electron chi connectivity index (χ2n) is 3.80. The molecule has 19 heavy (non-hydrogen) atoms. The van der Waals surface area contributed by atoms with E-state index < -0.39 is 46.5 Å². The van der Waals surface area contributed by atoms with Crippen LogP contribution >= 0.6 is 0 Å². The lowest BCUT2D eigenvalue weighted by atomic mass is 10.1. The largest absolute Gasteiger partial charge is 0.439 e. The monoisotopic (exact) mass is 278 g/mol. The van der Waals surface area contributed by atoms with Gasteiger partial charge in [0.05, 0.1) is 17.8 Å². The van der Waals surface area contributed by atoms with Gasteiger partial charge in [-0.25, -0.2) is 26.9 Å². The predicted octanol–water partition coefficient (Wildman–Crippen LogP) is 3.06. The van der Waals surface area contributed by atoms with Gasteiger partial charge in [0.1, 0.15) is 0 Å². The summed E-state index contributed by atoms with van der Waals surface area (Å²) >= 11 is 0. The summed E-state index contributed by atoms with van der Waals surface area (Å²) in [6.07, 6.45) is 0.844. The van der Waals surface area contributed by atoms with E-state index in [1.54, 1.807) is 0 Å². The number of benzene rings is 1. The highest BCUT2D eigenvalue weighted by molar-refractivity contribution is 5.58. The number of aromatic nitrogens is 1. The van der Waals surface area contributed by atoms with Gasteiger partial charge in [-0.2, -0.15) is 0 Å². The maximum absolute atomic E-state index is 13.5. The summed E-state index contributed by atoms with van der Waals surface area (Å²) in [5.41, 5.74) is 4.24. The molecule has 0 bridgehead atoms. The number of rotatable bonds is 2. The maximum atomic E-state index is 13.5. The summed E-state index contributed by atoms with van der Waals surface area (Å²) < 4.78 is 70.7. The van der Waals surface area contributed by atoms with E-state index in [0.29, 0.717) is 0 Å². The SMILES string of the molecule is CC(N)c1ncc(-c2c(F)c(F)c(F)c(F)c2F)o1. The fourth-order valence-electron chi connectivity index (χ4n) is 1.43. The first-order valence-corrected chi connectivity index (χ1v) is 5.07. The van der Waals surface area contributed by atoms with Crippen LogP contribution < -0.4 is 5.73 Å². The number of hydrogen-bond acceptors (Lipinski definition) is 3. The zero-order chi connectivity index (χ0) is 14.3. The Balaban J connectivity index is 2.68. The Morgan fingerprint density at radius 2 is 1.47 bits per heavy atom. The Kier molecular flexibility index (Phi) is 3.27. The van der Waals surface area contributed by atoms with Gasteiger partial charge in [0, 0.05) is 0 Å². The zero-order valence-electron chi connectivity index (χ0n) is 9.48. The Bertz CT molecular complexity index is 609. The fraction of sp³-hybridized carbons (Fsp3) is 0.182. The molecule has 0 aliphatic heterocycles. The number of halogens is 5. The van der Waals surface area contributed by atoms with Crippen LogP contribution in [0, 0.1) is 29.1 Å². The van der Waals surface area contributed by atoms with Crippen LogP contribution in [-0.2, 0) is 0 Å². The molecule has 0 saturated heterocycles. The molecule has 0 fully saturated rings. The predicted molar refractivity (Wildman–Crippen MR) is 54.3 cm³/mol. The van der Waals surface area contributed by atoms with E-state index in [2.05, 4.69) is 4.98 Å². The van der Waals surface area contributed by atoms with Crippen LogP contribution in [0.4, 0.5) is 22.0 Å². The number of nitrogens with two attached hydrogens (primary N) is 1. The molecule has 0 aliphatic rings. The van der Waals surface area contributed by atoms with Gasteiger partial charge in [-0.1, -0.05) is 0 Å². The van der Waals surface area contributed by atoms with E-state index in [-0.39, 0.29) is 5.89 Å². The molecule has 1 atom stereocenters. The van der Waals surface area contributed by atoms with Gasteiger partial charge >= 0.3 is 0 Å². The second kappa shape index (κ2) is 4.61. The molecule has 0 spiro atoms. The highest BCUT2D eigenvalue weighted by atomic mass is 19.2. The first-order valence-electron chi connectivity index (χ1n) is 5.07. The third-order valence-corrected chi connectivity index (χ3v) is 2.37. The zero-order valence-corrected chi connectivity index (χ0v) is 9.48. The molecule has 1 heterocycles. The average Bonchev–Trinajstić information content (AvgIpc) is 2.84. The Morgan fingerprint density at radius 3 is 1.89 bits per heavy atom. The van der Waals surface area contributed by atoms with E-state index in [0.717, 1.165) is 6.20 Å². The van der Waals surface area contributed by atoms with Crippen LogP contribution in [0.3, 0.4) is 0 Å². The minimum absolute atomic E-state index is 0.0843. The molecule has 3 nitrogen and oxygen atoms in total. The summed E-state index contributed by atoms with van der Waals surface area (Å²) in [5.74, 6) is -11.0. The first-order chi connectivity index (χ1) is 8.84. The van der Waals surface area contributed by atoms with Crippen LogP contribution in [0.15, 0.2) is 10.6 Å². The van der Waals surface area contributed by atoms with Crippen molar-refractivity contribution in [1.82, 2.24) is 4.98 Å². The molecule has 0 saturated carbocycles. The van der Waals surface area contributed by atoms with Gasteiger partial charge in [-0.3, -0.25) is 0 Å². The average molecular weight is 278 g/mol. The highest BCUT2D eigenvalue weighted by Gasteiger charge is 2.28. The number of hydrogen-bond donors (Lipinski definition) is 1. The second-order valence-corrected chi connectivity index (χ2v) is 3.80. The highest BCUT2D eigenvalue weighted by Crippen LogP contribution is 2.32. The van der Waals surface area contributed by atoms with Gasteiger partial charge in [-0.05, 0) is 6.92 Å². The molecular formula is C11H7F5N2O. The van der Waals surface area contributed by atoms with E-state index in [1.807, 2.05) is 0 Å². The first kappa shape index (κ1) is 13.5. The Hall–Kier alpha value is -1.96. The Morgan fingerprint density at radius 1 is 1.00 bits per heavy atom. The molecule has 0 radical (unpaired) electrons. The molecule has 1 unspecified atom stereocenters. The molecule has 1 aromatic carbocycles.